The van der Waals surface area contributed by atoms with Gasteiger partial charge in [-0.3, -0.25) is 4.79 Å². The zero-order valence-corrected chi connectivity index (χ0v) is 14.1. The second kappa shape index (κ2) is 8.83. The summed E-state index contributed by atoms with van der Waals surface area (Å²) < 4.78 is 0. The van der Waals surface area contributed by atoms with Crippen LogP contribution < -0.4 is 11.1 Å². The van der Waals surface area contributed by atoms with Gasteiger partial charge in [0, 0.05) is 12.6 Å². The molecule has 0 aromatic carbocycles. The highest BCUT2D eigenvalue weighted by molar-refractivity contribution is 7.14. The molecule has 0 spiro atoms. The van der Waals surface area contributed by atoms with Gasteiger partial charge in [-0.15, -0.1) is 11.3 Å². The van der Waals surface area contributed by atoms with Gasteiger partial charge in [0.05, 0.1) is 16.3 Å². The Morgan fingerprint density at radius 3 is 2.86 bits per heavy atom. The summed E-state index contributed by atoms with van der Waals surface area (Å²) in [5.41, 5.74) is 6.40. The van der Waals surface area contributed by atoms with Crippen LogP contribution in [-0.4, -0.2) is 43.5 Å². The highest BCUT2D eigenvalue weighted by atomic mass is 32.1. The molecule has 1 rings (SSSR count). The molecule has 5 heteroatoms. The first kappa shape index (κ1) is 17.7. The first-order valence-electron chi connectivity index (χ1n) is 7.23. The van der Waals surface area contributed by atoms with Gasteiger partial charge in [0.15, 0.2) is 0 Å². The first-order chi connectivity index (χ1) is 9.95. The van der Waals surface area contributed by atoms with Crippen LogP contribution in [0.15, 0.2) is 6.07 Å². The Bertz CT molecular complexity index is 525. The van der Waals surface area contributed by atoms with Gasteiger partial charge in [0.25, 0.3) is 5.91 Å². The number of nitrogens with zero attached hydrogens (tertiary/aromatic N) is 1. The second-order valence-electron chi connectivity index (χ2n) is 5.31. The smallest absolute Gasteiger partial charge is 0.261 e. The van der Waals surface area contributed by atoms with E-state index in [0.717, 1.165) is 23.4 Å². The van der Waals surface area contributed by atoms with Gasteiger partial charge in [-0.1, -0.05) is 11.8 Å². The number of carbonyl (C=O) groups is 1. The van der Waals surface area contributed by atoms with Crippen molar-refractivity contribution in [3.8, 4) is 11.8 Å². The average molecular weight is 307 g/mol. The Morgan fingerprint density at radius 1 is 1.52 bits per heavy atom. The van der Waals surface area contributed by atoms with Crippen LogP contribution in [0.25, 0.3) is 0 Å². The van der Waals surface area contributed by atoms with Crippen LogP contribution in [0.5, 0.6) is 0 Å². The third-order valence-electron chi connectivity index (χ3n) is 3.30. The number of thiophene rings is 1. The average Bonchev–Trinajstić information content (AvgIpc) is 2.82. The molecule has 0 aliphatic rings. The molecule has 21 heavy (non-hydrogen) atoms. The van der Waals surface area contributed by atoms with E-state index >= 15 is 0 Å². The molecule has 3 N–H and O–H groups in total. The SMILES string of the molecule is Cc1cc(C(=O)NCCCN(C)C(C)C)sc1C#CCN. The van der Waals surface area contributed by atoms with Crippen molar-refractivity contribution in [2.45, 2.75) is 33.2 Å². The quantitative estimate of drug-likeness (QED) is 0.623. The molecular formula is C16H25N3OS. The molecule has 1 aromatic rings. The summed E-state index contributed by atoms with van der Waals surface area (Å²) in [7, 11) is 2.09. The van der Waals surface area contributed by atoms with E-state index in [-0.39, 0.29) is 5.91 Å². The summed E-state index contributed by atoms with van der Waals surface area (Å²) in [5, 5.41) is 2.96. The van der Waals surface area contributed by atoms with Crippen LogP contribution in [0, 0.1) is 18.8 Å². The van der Waals surface area contributed by atoms with Crippen molar-refractivity contribution in [1.82, 2.24) is 10.2 Å². The maximum atomic E-state index is 12.1. The van der Waals surface area contributed by atoms with Gasteiger partial charge in [-0.05, 0) is 52.4 Å². The minimum absolute atomic E-state index is 0.0175. The Hall–Kier alpha value is -1.35. The molecule has 1 amide bonds. The minimum Gasteiger partial charge on any atom is -0.351 e. The van der Waals surface area contributed by atoms with Gasteiger partial charge in [0.1, 0.15) is 0 Å². The molecule has 0 unspecified atom stereocenters. The summed E-state index contributed by atoms with van der Waals surface area (Å²) in [4.78, 5) is 16.0. The molecule has 0 radical (unpaired) electrons. The summed E-state index contributed by atoms with van der Waals surface area (Å²) >= 11 is 1.43. The van der Waals surface area contributed by atoms with Gasteiger partial charge in [-0.2, -0.15) is 0 Å². The fourth-order valence-corrected chi connectivity index (χ4v) is 2.69. The minimum atomic E-state index is -0.0175. The van der Waals surface area contributed by atoms with E-state index in [2.05, 4.69) is 43.0 Å². The molecule has 0 aliphatic heterocycles. The Labute approximate surface area is 131 Å². The number of aryl methyl sites for hydroxylation is 1. The molecule has 0 bridgehead atoms. The van der Waals surface area contributed by atoms with E-state index in [1.807, 2.05) is 13.0 Å². The van der Waals surface area contributed by atoms with Crippen molar-refractivity contribution < 1.29 is 4.79 Å². The predicted octanol–water partition coefficient (Wildman–Crippen LogP) is 1.83. The number of amides is 1. The number of carbonyl (C=O) groups excluding carboxylic acids is 1. The zero-order valence-electron chi connectivity index (χ0n) is 13.3. The Balaban J connectivity index is 2.46. The van der Waals surface area contributed by atoms with E-state index < -0.39 is 0 Å². The number of nitrogens with one attached hydrogen (secondary N) is 1. The molecule has 0 saturated heterocycles. The second-order valence-corrected chi connectivity index (χ2v) is 6.36. The lowest BCUT2D eigenvalue weighted by molar-refractivity contribution is 0.0955. The maximum Gasteiger partial charge on any atom is 0.261 e. The lowest BCUT2D eigenvalue weighted by atomic mass is 10.2. The molecule has 0 aliphatic carbocycles. The lowest BCUT2D eigenvalue weighted by Crippen LogP contribution is -2.31. The van der Waals surface area contributed by atoms with Gasteiger partial charge < -0.3 is 16.0 Å². The summed E-state index contributed by atoms with van der Waals surface area (Å²) in [6, 6.07) is 2.42. The monoisotopic (exact) mass is 307 g/mol. The zero-order chi connectivity index (χ0) is 15.8. The summed E-state index contributed by atoms with van der Waals surface area (Å²) in [5.74, 6) is 5.81. The Morgan fingerprint density at radius 2 is 2.24 bits per heavy atom. The van der Waals surface area contributed by atoms with Crippen LogP contribution in [0.2, 0.25) is 0 Å². The molecule has 4 nitrogen and oxygen atoms in total. The summed E-state index contributed by atoms with van der Waals surface area (Å²) in [6.07, 6.45) is 0.949. The van der Waals surface area contributed by atoms with Crippen molar-refractivity contribution in [2.24, 2.45) is 5.73 Å². The van der Waals surface area contributed by atoms with E-state index in [1.165, 1.54) is 11.3 Å². The van der Waals surface area contributed by atoms with E-state index in [9.17, 15) is 4.79 Å². The molecule has 0 atom stereocenters. The van der Waals surface area contributed by atoms with E-state index in [1.54, 1.807) is 0 Å². The number of hydrogen-bond donors (Lipinski definition) is 2. The molecule has 0 fully saturated rings. The van der Waals surface area contributed by atoms with Crippen LogP contribution in [0.3, 0.4) is 0 Å². The van der Waals surface area contributed by atoms with Crippen LogP contribution in [0.1, 0.15) is 40.4 Å². The topological polar surface area (TPSA) is 58.4 Å². The standard InChI is InChI=1S/C16H25N3OS/c1-12(2)19(4)10-6-9-18-16(20)15-11-13(3)14(21-15)7-5-8-17/h11-12H,6,8-10,17H2,1-4H3,(H,18,20). The number of hydrogen-bond acceptors (Lipinski definition) is 4. The van der Waals surface area contributed by atoms with Crippen molar-refractivity contribution in [1.29, 1.82) is 0 Å². The molecule has 1 heterocycles. The van der Waals surface area contributed by atoms with Gasteiger partial charge in [0.2, 0.25) is 0 Å². The molecule has 0 saturated carbocycles. The normalized spacial score (nSPS) is 10.6. The summed E-state index contributed by atoms with van der Waals surface area (Å²) in [6.45, 7) is 8.30. The number of nitrogens with two attached hydrogens (primary N) is 1. The maximum absolute atomic E-state index is 12.1. The van der Waals surface area contributed by atoms with Gasteiger partial charge in [-0.25, -0.2) is 0 Å². The molecular weight excluding hydrogens is 282 g/mol. The molecule has 1 aromatic heterocycles. The third-order valence-corrected chi connectivity index (χ3v) is 4.45. The predicted molar refractivity (Wildman–Crippen MR) is 89.7 cm³/mol. The first-order valence-corrected chi connectivity index (χ1v) is 8.05. The van der Waals surface area contributed by atoms with Crippen molar-refractivity contribution in [3.63, 3.8) is 0 Å². The van der Waals surface area contributed by atoms with E-state index in [0.29, 0.717) is 24.0 Å². The lowest BCUT2D eigenvalue weighted by Gasteiger charge is -2.20. The number of rotatable bonds is 6. The van der Waals surface area contributed by atoms with Gasteiger partial charge >= 0.3 is 0 Å². The third kappa shape index (κ3) is 5.88. The van der Waals surface area contributed by atoms with Crippen LogP contribution >= 0.6 is 11.3 Å². The fraction of sp³-hybridized carbons (Fsp3) is 0.562. The van der Waals surface area contributed by atoms with E-state index in [4.69, 9.17) is 5.73 Å². The largest absolute Gasteiger partial charge is 0.351 e. The fourth-order valence-electron chi connectivity index (χ4n) is 1.73. The van der Waals surface area contributed by atoms with Crippen molar-refractivity contribution in [3.05, 3.63) is 21.4 Å². The van der Waals surface area contributed by atoms with Crippen molar-refractivity contribution in [2.75, 3.05) is 26.7 Å². The highest BCUT2D eigenvalue weighted by Gasteiger charge is 2.11. The van der Waals surface area contributed by atoms with Crippen LogP contribution in [-0.2, 0) is 0 Å². The molecule has 116 valence electrons. The highest BCUT2D eigenvalue weighted by Crippen LogP contribution is 2.20. The Kier molecular flexibility index (Phi) is 7.44. The van der Waals surface area contributed by atoms with Crippen LogP contribution in [0.4, 0.5) is 0 Å². The van der Waals surface area contributed by atoms with Crippen molar-refractivity contribution >= 4 is 17.2 Å².